The van der Waals surface area contributed by atoms with Gasteiger partial charge in [0.25, 0.3) is 15.9 Å². The predicted molar refractivity (Wildman–Crippen MR) is 131 cm³/mol. The molecule has 3 aromatic carbocycles. The van der Waals surface area contributed by atoms with Crippen LogP contribution in [0.15, 0.2) is 65.6 Å². The third kappa shape index (κ3) is 5.79. The summed E-state index contributed by atoms with van der Waals surface area (Å²) in [6, 6.07) is 14.4. The van der Waals surface area contributed by atoms with Gasteiger partial charge in [-0.15, -0.1) is 0 Å². The normalized spacial score (nSPS) is 10.9. The number of hydrogen-bond donors (Lipinski definition) is 2. The van der Waals surface area contributed by atoms with E-state index in [-0.39, 0.29) is 32.3 Å². The molecule has 182 valence electrons. The molecule has 3 rings (SSSR count). The molecule has 0 aliphatic rings. The first kappa shape index (κ1) is 25.7. The Kier molecular flexibility index (Phi) is 7.78. The molecule has 0 bridgehead atoms. The Morgan fingerprint density at radius 2 is 1.49 bits per heavy atom. The summed E-state index contributed by atoms with van der Waals surface area (Å²) >= 11 is 6.15. The Balaban J connectivity index is 1.97. The van der Waals surface area contributed by atoms with Crippen LogP contribution < -0.4 is 10.0 Å². The predicted octanol–water partition coefficient (Wildman–Crippen LogP) is 4.27. The van der Waals surface area contributed by atoms with Crippen LogP contribution in [0.25, 0.3) is 0 Å². The Hall–Kier alpha value is -3.89. The standard InChI is InChI=1S/C24H21ClN2O7S/c1-14-6-4-5-7-19(14)27-35(31,32)21-13-15(9-11-18(21)25)22(28)26-20-12-16(23(29)33-2)8-10-17(20)24(30)34-3/h4-13,27H,1-3H3,(H,26,28). The van der Waals surface area contributed by atoms with Gasteiger partial charge in [-0.2, -0.15) is 0 Å². The fourth-order valence-electron chi connectivity index (χ4n) is 3.11. The van der Waals surface area contributed by atoms with Gasteiger partial charge in [0.05, 0.1) is 41.7 Å². The van der Waals surface area contributed by atoms with Gasteiger partial charge in [0.2, 0.25) is 0 Å². The molecule has 0 saturated heterocycles. The number of hydrogen-bond acceptors (Lipinski definition) is 7. The summed E-state index contributed by atoms with van der Waals surface area (Å²) in [6.07, 6.45) is 0. The van der Waals surface area contributed by atoms with Crippen molar-refractivity contribution in [1.29, 1.82) is 0 Å². The van der Waals surface area contributed by atoms with Crippen molar-refractivity contribution in [3.8, 4) is 0 Å². The van der Waals surface area contributed by atoms with Crippen LogP contribution in [0.5, 0.6) is 0 Å². The summed E-state index contributed by atoms with van der Waals surface area (Å²) in [5.41, 5.74) is 1.04. The van der Waals surface area contributed by atoms with Crippen molar-refractivity contribution in [3.63, 3.8) is 0 Å². The van der Waals surface area contributed by atoms with E-state index < -0.39 is 27.9 Å². The molecule has 2 N–H and O–H groups in total. The number of aryl methyl sites for hydroxylation is 1. The monoisotopic (exact) mass is 516 g/mol. The largest absolute Gasteiger partial charge is 0.465 e. The number of nitrogens with one attached hydrogen (secondary N) is 2. The zero-order valence-corrected chi connectivity index (χ0v) is 20.5. The summed E-state index contributed by atoms with van der Waals surface area (Å²) in [5.74, 6) is -2.18. The SMILES string of the molecule is COC(=O)c1ccc(C(=O)OC)c(NC(=O)c2ccc(Cl)c(S(=O)(=O)Nc3ccccc3C)c2)c1. The number of anilines is 2. The second-order valence-corrected chi connectivity index (χ2v) is 9.32. The van der Waals surface area contributed by atoms with Gasteiger partial charge < -0.3 is 14.8 Å². The maximum Gasteiger partial charge on any atom is 0.339 e. The molecular weight excluding hydrogens is 496 g/mol. The van der Waals surface area contributed by atoms with E-state index in [2.05, 4.69) is 14.8 Å². The third-order valence-electron chi connectivity index (χ3n) is 4.97. The van der Waals surface area contributed by atoms with Crippen LogP contribution in [0.4, 0.5) is 11.4 Å². The van der Waals surface area contributed by atoms with Crippen LogP contribution in [-0.2, 0) is 19.5 Å². The quantitative estimate of drug-likeness (QED) is 0.449. The maximum absolute atomic E-state index is 13.0. The van der Waals surface area contributed by atoms with Crippen LogP contribution in [0.3, 0.4) is 0 Å². The Morgan fingerprint density at radius 1 is 0.829 bits per heavy atom. The first-order chi connectivity index (χ1) is 16.6. The summed E-state index contributed by atoms with van der Waals surface area (Å²) in [6.45, 7) is 1.74. The van der Waals surface area contributed by atoms with Gasteiger partial charge in [0, 0.05) is 5.56 Å². The van der Waals surface area contributed by atoms with E-state index >= 15 is 0 Å². The number of carbonyl (C=O) groups excluding carboxylic acids is 3. The van der Waals surface area contributed by atoms with Gasteiger partial charge in [0.15, 0.2) is 0 Å². The maximum atomic E-state index is 13.0. The minimum absolute atomic E-state index is 0.0171. The molecule has 0 atom stereocenters. The van der Waals surface area contributed by atoms with E-state index in [9.17, 15) is 22.8 Å². The van der Waals surface area contributed by atoms with Gasteiger partial charge in [-0.25, -0.2) is 18.0 Å². The molecular formula is C24H21ClN2O7S. The molecule has 0 saturated carbocycles. The number of halogens is 1. The summed E-state index contributed by atoms with van der Waals surface area (Å²) in [4.78, 5) is 36.7. The summed E-state index contributed by atoms with van der Waals surface area (Å²) in [7, 11) is -1.78. The molecule has 0 unspecified atom stereocenters. The number of esters is 2. The topological polar surface area (TPSA) is 128 Å². The number of sulfonamides is 1. The highest BCUT2D eigenvalue weighted by molar-refractivity contribution is 7.92. The highest BCUT2D eigenvalue weighted by atomic mass is 35.5. The molecule has 0 aliphatic heterocycles. The highest BCUT2D eigenvalue weighted by Gasteiger charge is 2.23. The number of amides is 1. The molecule has 35 heavy (non-hydrogen) atoms. The zero-order valence-electron chi connectivity index (χ0n) is 18.9. The average molecular weight is 517 g/mol. The molecule has 0 aromatic heterocycles. The number of benzene rings is 3. The third-order valence-corrected chi connectivity index (χ3v) is 6.81. The van der Waals surface area contributed by atoms with E-state index in [0.717, 1.165) is 6.07 Å². The van der Waals surface area contributed by atoms with Crippen molar-refractivity contribution in [2.75, 3.05) is 24.3 Å². The average Bonchev–Trinajstić information content (AvgIpc) is 2.84. The lowest BCUT2D eigenvalue weighted by Crippen LogP contribution is -2.18. The number of ether oxygens (including phenoxy) is 2. The van der Waals surface area contributed by atoms with Gasteiger partial charge >= 0.3 is 11.9 Å². The lowest BCUT2D eigenvalue weighted by atomic mass is 10.1. The Labute approximate surface area is 207 Å². The van der Waals surface area contributed by atoms with E-state index in [4.69, 9.17) is 16.3 Å². The lowest BCUT2D eigenvalue weighted by molar-refractivity contribution is 0.0587. The summed E-state index contributed by atoms with van der Waals surface area (Å²) in [5, 5.41) is 2.42. The van der Waals surface area contributed by atoms with Crippen LogP contribution in [0.2, 0.25) is 5.02 Å². The van der Waals surface area contributed by atoms with Crippen LogP contribution in [-0.4, -0.2) is 40.5 Å². The van der Waals surface area contributed by atoms with E-state index in [1.54, 1.807) is 31.2 Å². The van der Waals surface area contributed by atoms with Crippen LogP contribution in [0, 0.1) is 6.92 Å². The van der Waals surface area contributed by atoms with Crippen molar-refractivity contribution < 1.29 is 32.3 Å². The van der Waals surface area contributed by atoms with E-state index in [1.165, 1.54) is 44.6 Å². The lowest BCUT2D eigenvalue weighted by Gasteiger charge is -2.14. The van der Waals surface area contributed by atoms with Gasteiger partial charge in [-0.05, 0) is 55.0 Å². The molecule has 0 aliphatic carbocycles. The fraction of sp³-hybridized carbons (Fsp3) is 0.125. The van der Waals surface area contributed by atoms with Gasteiger partial charge in [-0.3, -0.25) is 9.52 Å². The Morgan fingerprint density at radius 3 is 2.14 bits per heavy atom. The number of rotatable bonds is 7. The van der Waals surface area contributed by atoms with Gasteiger partial charge in [0.1, 0.15) is 4.90 Å². The molecule has 1 amide bonds. The first-order valence-corrected chi connectivity index (χ1v) is 11.9. The van der Waals surface area contributed by atoms with Crippen molar-refractivity contribution in [1.82, 2.24) is 0 Å². The molecule has 0 heterocycles. The summed E-state index contributed by atoms with van der Waals surface area (Å²) < 4.78 is 37.9. The highest BCUT2D eigenvalue weighted by Crippen LogP contribution is 2.27. The first-order valence-electron chi connectivity index (χ1n) is 10.1. The zero-order chi connectivity index (χ0) is 25.8. The van der Waals surface area contributed by atoms with Gasteiger partial charge in [-0.1, -0.05) is 29.8 Å². The minimum atomic E-state index is -4.14. The van der Waals surface area contributed by atoms with Crippen molar-refractivity contribution in [3.05, 3.63) is 87.9 Å². The number of methoxy groups -OCH3 is 2. The van der Waals surface area contributed by atoms with Crippen LogP contribution in [0.1, 0.15) is 36.6 Å². The molecule has 9 nitrogen and oxygen atoms in total. The molecule has 0 fully saturated rings. The van der Waals surface area contributed by atoms with Crippen molar-refractivity contribution in [2.24, 2.45) is 0 Å². The molecule has 0 radical (unpaired) electrons. The van der Waals surface area contributed by atoms with Crippen LogP contribution >= 0.6 is 11.6 Å². The van der Waals surface area contributed by atoms with Crippen molar-refractivity contribution in [2.45, 2.75) is 11.8 Å². The van der Waals surface area contributed by atoms with Crippen molar-refractivity contribution >= 4 is 50.8 Å². The molecule has 0 spiro atoms. The second kappa shape index (κ2) is 10.6. The number of carbonyl (C=O) groups is 3. The second-order valence-electron chi connectivity index (χ2n) is 7.26. The minimum Gasteiger partial charge on any atom is -0.465 e. The number of para-hydroxylation sites is 1. The molecule has 11 heteroatoms. The van der Waals surface area contributed by atoms with E-state index in [1.807, 2.05) is 0 Å². The van der Waals surface area contributed by atoms with E-state index in [0.29, 0.717) is 11.3 Å². The fourth-order valence-corrected chi connectivity index (χ4v) is 4.77. The molecule has 3 aromatic rings. The Bertz CT molecular complexity index is 1420. The smallest absolute Gasteiger partial charge is 0.339 e.